The predicted molar refractivity (Wildman–Crippen MR) is 62.8 cm³/mol. The molecule has 0 aromatic carbocycles. The van der Waals surface area contributed by atoms with Crippen LogP contribution < -0.4 is 5.73 Å². The van der Waals surface area contributed by atoms with Crippen molar-refractivity contribution in [1.29, 1.82) is 0 Å². The minimum Gasteiger partial charge on any atom is -0.395 e. The molecule has 0 unspecified atom stereocenters. The second kappa shape index (κ2) is 5.21. The zero-order valence-electron chi connectivity index (χ0n) is 9.58. The zero-order valence-corrected chi connectivity index (χ0v) is 9.58. The van der Waals surface area contributed by atoms with Crippen LogP contribution in [0.5, 0.6) is 0 Å². The van der Waals surface area contributed by atoms with Crippen molar-refractivity contribution < 1.29 is 4.79 Å². The number of carbonyl (C=O) groups excluding carboxylic acids is 1. The number of nitrogens with one attached hydrogen (secondary N) is 1. The van der Waals surface area contributed by atoms with Crippen molar-refractivity contribution in [2.45, 2.75) is 19.8 Å². The lowest BCUT2D eigenvalue weighted by Gasteiger charge is -2.12. The van der Waals surface area contributed by atoms with Crippen LogP contribution in [-0.2, 0) is 6.42 Å². The van der Waals surface area contributed by atoms with Crippen molar-refractivity contribution in [3.63, 3.8) is 0 Å². The fourth-order valence-corrected chi connectivity index (χ4v) is 1.38. The maximum Gasteiger partial charge on any atom is 0.277 e. The molecule has 0 aliphatic heterocycles. The third-order valence-electron chi connectivity index (χ3n) is 2.26. The van der Waals surface area contributed by atoms with Gasteiger partial charge in [-0.05, 0) is 6.42 Å². The van der Waals surface area contributed by atoms with Crippen LogP contribution in [0.4, 0.5) is 5.69 Å². The molecule has 5 heteroatoms. The summed E-state index contributed by atoms with van der Waals surface area (Å²) in [6.45, 7) is 2.28. The highest BCUT2D eigenvalue weighted by molar-refractivity contribution is 5.97. The standard InChI is InChI=1S/C11H16N4O/c1-4-6-8-9(12)10(14-13-8)11(16)15(3)7-5-2/h2H,4,6-7,12H2,1,3H3,(H,13,14). The number of aryl methyl sites for hydroxylation is 1. The van der Waals surface area contributed by atoms with E-state index in [1.165, 1.54) is 4.90 Å². The van der Waals surface area contributed by atoms with E-state index in [-0.39, 0.29) is 18.1 Å². The number of nitrogens with two attached hydrogens (primary N) is 1. The molecule has 0 bridgehead atoms. The third kappa shape index (κ3) is 2.34. The maximum atomic E-state index is 11.8. The van der Waals surface area contributed by atoms with Crippen LogP contribution in [0.3, 0.4) is 0 Å². The van der Waals surface area contributed by atoms with E-state index in [0.717, 1.165) is 18.5 Å². The first-order valence-electron chi connectivity index (χ1n) is 5.13. The van der Waals surface area contributed by atoms with Gasteiger partial charge in [0.1, 0.15) is 0 Å². The molecule has 1 rings (SSSR count). The molecule has 0 atom stereocenters. The average Bonchev–Trinajstić information content (AvgIpc) is 2.61. The molecule has 1 amide bonds. The summed E-state index contributed by atoms with van der Waals surface area (Å²) in [7, 11) is 1.62. The number of carbonyl (C=O) groups is 1. The summed E-state index contributed by atoms with van der Waals surface area (Å²) in [6.07, 6.45) is 6.86. The Balaban J connectivity index is 2.89. The van der Waals surface area contributed by atoms with Gasteiger partial charge in [-0.3, -0.25) is 9.89 Å². The van der Waals surface area contributed by atoms with E-state index in [2.05, 4.69) is 16.1 Å². The zero-order chi connectivity index (χ0) is 12.1. The van der Waals surface area contributed by atoms with E-state index in [4.69, 9.17) is 12.2 Å². The maximum absolute atomic E-state index is 11.8. The van der Waals surface area contributed by atoms with Crippen molar-refractivity contribution in [2.75, 3.05) is 19.3 Å². The normalized spacial score (nSPS) is 9.81. The van der Waals surface area contributed by atoms with Crippen molar-refractivity contribution in [3.05, 3.63) is 11.4 Å². The molecule has 1 heterocycles. The summed E-state index contributed by atoms with van der Waals surface area (Å²) >= 11 is 0. The molecule has 16 heavy (non-hydrogen) atoms. The lowest BCUT2D eigenvalue weighted by Crippen LogP contribution is -2.28. The van der Waals surface area contributed by atoms with Crippen LogP contribution in [0.1, 0.15) is 29.5 Å². The molecular formula is C11H16N4O. The predicted octanol–water partition coefficient (Wildman–Crippen LogP) is 0.650. The van der Waals surface area contributed by atoms with Crippen molar-refractivity contribution in [1.82, 2.24) is 15.1 Å². The molecule has 86 valence electrons. The van der Waals surface area contributed by atoms with Gasteiger partial charge in [0, 0.05) is 7.05 Å². The summed E-state index contributed by atoms with van der Waals surface area (Å²) in [5.41, 5.74) is 7.31. The number of aromatic nitrogens is 2. The topological polar surface area (TPSA) is 75.0 Å². The highest BCUT2D eigenvalue weighted by Crippen LogP contribution is 2.16. The minimum absolute atomic E-state index is 0.244. The van der Waals surface area contributed by atoms with Crippen LogP contribution in [0.15, 0.2) is 0 Å². The number of anilines is 1. The fraction of sp³-hybridized carbons (Fsp3) is 0.455. The van der Waals surface area contributed by atoms with E-state index in [1.54, 1.807) is 7.05 Å². The van der Waals surface area contributed by atoms with E-state index < -0.39 is 0 Å². The Labute approximate surface area is 95.0 Å². The van der Waals surface area contributed by atoms with Gasteiger partial charge in [-0.2, -0.15) is 5.10 Å². The molecule has 0 aliphatic carbocycles. The number of nitrogens with zero attached hydrogens (tertiary/aromatic N) is 2. The van der Waals surface area contributed by atoms with E-state index >= 15 is 0 Å². The van der Waals surface area contributed by atoms with E-state index in [9.17, 15) is 4.79 Å². The first-order chi connectivity index (χ1) is 7.61. The van der Waals surface area contributed by atoms with Crippen LogP contribution in [0, 0.1) is 12.3 Å². The minimum atomic E-state index is -0.256. The summed E-state index contributed by atoms with van der Waals surface area (Å²) in [6, 6.07) is 0. The van der Waals surface area contributed by atoms with Gasteiger partial charge < -0.3 is 10.6 Å². The second-order valence-electron chi connectivity index (χ2n) is 3.58. The number of nitrogen functional groups attached to an aromatic ring is 1. The largest absolute Gasteiger partial charge is 0.395 e. The summed E-state index contributed by atoms with van der Waals surface area (Å²) in [5, 5.41) is 6.71. The van der Waals surface area contributed by atoms with Crippen molar-refractivity contribution >= 4 is 11.6 Å². The summed E-state index contributed by atoms with van der Waals surface area (Å²) < 4.78 is 0. The molecule has 0 spiro atoms. The average molecular weight is 220 g/mol. The Kier molecular flexibility index (Phi) is 3.95. The van der Waals surface area contributed by atoms with Gasteiger partial charge in [0.15, 0.2) is 5.69 Å². The smallest absolute Gasteiger partial charge is 0.277 e. The van der Waals surface area contributed by atoms with Crippen LogP contribution in [0.25, 0.3) is 0 Å². The van der Waals surface area contributed by atoms with Gasteiger partial charge in [0.25, 0.3) is 5.91 Å². The Morgan fingerprint density at radius 1 is 1.69 bits per heavy atom. The summed E-state index contributed by atoms with van der Waals surface area (Å²) in [4.78, 5) is 13.2. The molecule has 0 saturated carbocycles. The van der Waals surface area contributed by atoms with Gasteiger partial charge in [0.2, 0.25) is 0 Å². The molecule has 3 N–H and O–H groups in total. The van der Waals surface area contributed by atoms with Gasteiger partial charge in [-0.1, -0.05) is 19.3 Å². The Bertz CT molecular complexity index is 416. The molecule has 0 fully saturated rings. The Morgan fingerprint density at radius 2 is 2.38 bits per heavy atom. The van der Waals surface area contributed by atoms with Gasteiger partial charge in [-0.15, -0.1) is 6.42 Å². The van der Waals surface area contributed by atoms with Crippen molar-refractivity contribution in [2.24, 2.45) is 0 Å². The second-order valence-corrected chi connectivity index (χ2v) is 3.58. The molecule has 0 saturated heterocycles. The van der Waals surface area contributed by atoms with Crippen LogP contribution in [-0.4, -0.2) is 34.6 Å². The van der Waals surface area contributed by atoms with Crippen molar-refractivity contribution in [3.8, 4) is 12.3 Å². The first kappa shape index (κ1) is 12.1. The number of amides is 1. The third-order valence-corrected chi connectivity index (χ3v) is 2.26. The number of H-pyrrole nitrogens is 1. The highest BCUT2D eigenvalue weighted by Gasteiger charge is 2.19. The molecule has 5 nitrogen and oxygen atoms in total. The monoisotopic (exact) mass is 220 g/mol. The lowest BCUT2D eigenvalue weighted by atomic mass is 10.2. The molecule has 1 aromatic heterocycles. The summed E-state index contributed by atoms with van der Waals surface area (Å²) in [5.74, 6) is 2.14. The number of rotatable bonds is 4. The number of hydrogen-bond acceptors (Lipinski definition) is 3. The Hall–Kier alpha value is -1.96. The molecule has 0 radical (unpaired) electrons. The lowest BCUT2D eigenvalue weighted by molar-refractivity contribution is 0.0808. The van der Waals surface area contributed by atoms with Gasteiger partial charge in [0.05, 0.1) is 17.9 Å². The van der Waals surface area contributed by atoms with E-state index in [1.807, 2.05) is 6.92 Å². The quantitative estimate of drug-likeness (QED) is 0.731. The number of terminal acetylenes is 1. The van der Waals surface area contributed by atoms with Crippen LogP contribution in [0.2, 0.25) is 0 Å². The van der Waals surface area contributed by atoms with E-state index in [0.29, 0.717) is 5.69 Å². The first-order valence-corrected chi connectivity index (χ1v) is 5.13. The van der Waals surface area contributed by atoms with Gasteiger partial charge >= 0.3 is 0 Å². The SMILES string of the molecule is C#CCN(C)C(=O)c1n[nH]c(CCC)c1N. The highest BCUT2D eigenvalue weighted by atomic mass is 16.2. The molecular weight excluding hydrogens is 204 g/mol. The van der Waals surface area contributed by atoms with Gasteiger partial charge in [-0.25, -0.2) is 0 Å². The van der Waals surface area contributed by atoms with Crippen LogP contribution >= 0.6 is 0 Å². The number of aromatic amines is 1. The molecule has 1 aromatic rings. The molecule has 0 aliphatic rings. The number of hydrogen-bond donors (Lipinski definition) is 2. The Morgan fingerprint density at radius 3 is 2.94 bits per heavy atom. The fourth-order valence-electron chi connectivity index (χ4n) is 1.38.